The molecule has 4 nitrogen and oxygen atoms in total. The van der Waals surface area contributed by atoms with E-state index in [-0.39, 0.29) is 9.79 Å². The van der Waals surface area contributed by atoms with Crippen molar-refractivity contribution in [1.82, 2.24) is 9.13 Å². The fourth-order valence-corrected chi connectivity index (χ4v) is 9.07. The van der Waals surface area contributed by atoms with Crippen LogP contribution >= 0.6 is 0 Å². The maximum atomic E-state index is 14.0. The zero-order valence-corrected chi connectivity index (χ0v) is 29.4. The van der Waals surface area contributed by atoms with Gasteiger partial charge in [0.2, 0.25) is 9.84 Å². The van der Waals surface area contributed by atoms with Gasteiger partial charge in [-0.25, -0.2) is 8.42 Å². The molecule has 0 unspecified atom stereocenters. The van der Waals surface area contributed by atoms with Crippen LogP contribution in [0.25, 0.3) is 77.2 Å². The lowest BCUT2D eigenvalue weighted by Gasteiger charge is -2.12. The van der Waals surface area contributed by atoms with Crippen LogP contribution in [-0.2, 0) is 9.84 Å². The Morgan fingerprint density at radius 1 is 0.302 bits per heavy atom. The molecule has 0 atom stereocenters. The Hall–Kier alpha value is -6.69. The van der Waals surface area contributed by atoms with Gasteiger partial charge >= 0.3 is 0 Å². The molecule has 0 saturated heterocycles. The first-order chi connectivity index (χ1) is 26.0. The minimum atomic E-state index is -3.77. The minimum absolute atomic E-state index is 0.256. The number of hydrogen-bond donors (Lipinski definition) is 0. The van der Waals surface area contributed by atoms with Gasteiger partial charge in [0.25, 0.3) is 0 Å². The second-order valence-electron chi connectivity index (χ2n) is 13.4. The van der Waals surface area contributed by atoms with E-state index in [0.29, 0.717) is 0 Å². The zero-order valence-electron chi connectivity index (χ0n) is 28.6. The molecule has 0 fully saturated rings. The van der Waals surface area contributed by atoms with Crippen LogP contribution in [0.2, 0.25) is 0 Å². The summed E-state index contributed by atoms with van der Waals surface area (Å²) in [6.07, 6.45) is 0. The topological polar surface area (TPSA) is 44.0 Å². The zero-order chi connectivity index (χ0) is 35.5. The highest BCUT2D eigenvalue weighted by Crippen LogP contribution is 2.37. The van der Waals surface area contributed by atoms with E-state index in [1.54, 1.807) is 24.3 Å². The summed E-state index contributed by atoms with van der Waals surface area (Å²) in [5.74, 6) is 0. The molecule has 0 radical (unpaired) electrons. The summed E-state index contributed by atoms with van der Waals surface area (Å²) in [7, 11) is -3.77. The lowest BCUT2D eigenvalue weighted by Crippen LogP contribution is -2.03. The number of fused-ring (bicyclic) bond motifs is 6. The van der Waals surface area contributed by atoms with Gasteiger partial charge < -0.3 is 9.13 Å². The third-order valence-electron chi connectivity index (χ3n) is 10.4. The largest absolute Gasteiger partial charge is 0.309 e. The minimum Gasteiger partial charge on any atom is -0.309 e. The van der Waals surface area contributed by atoms with Crippen LogP contribution in [0.15, 0.2) is 204 Å². The Morgan fingerprint density at radius 3 is 1.08 bits per heavy atom. The molecule has 0 bridgehead atoms. The summed E-state index contributed by atoms with van der Waals surface area (Å²) >= 11 is 0. The van der Waals surface area contributed by atoms with E-state index >= 15 is 0 Å². The number of benzene rings is 8. The summed E-state index contributed by atoms with van der Waals surface area (Å²) in [6.45, 7) is 0. The fourth-order valence-electron chi connectivity index (χ4n) is 7.81. The Kier molecular flexibility index (Phi) is 7.17. The van der Waals surface area contributed by atoms with Crippen molar-refractivity contribution in [2.24, 2.45) is 0 Å². The lowest BCUT2D eigenvalue weighted by molar-refractivity contribution is 0.596. The molecule has 252 valence electrons. The van der Waals surface area contributed by atoms with E-state index in [2.05, 4.69) is 130 Å². The number of rotatable bonds is 6. The first kappa shape index (κ1) is 31.1. The normalized spacial score (nSPS) is 11.9. The van der Waals surface area contributed by atoms with Gasteiger partial charge in [-0.05, 0) is 107 Å². The van der Waals surface area contributed by atoms with Crippen molar-refractivity contribution in [2.75, 3.05) is 0 Å². The Balaban J connectivity index is 1.00. The van der Waals surface area contributed by atoms with Crippen molar-refractivity contribution in [3.05, 3.63) is 194 Å². The second kappa shape index (κ2) is 12.2. The molecule has 0 N–H and O–H groups in total. The van der Waals surface area contributed by atoms with Gasteiger partial charge in [0.1, 0.15) is 0 Å². The predicted octanol–water partition coefficient (Wildman–Crippen LogP) is 12.0. The van der Waals surface area contributed by atoms with Gasteiger partial charge in [0.15, 0.2) is 0 Å². The van der Waals surface area contributed by atoms with Crippen LogP contribution < -0.4 is 0 Å². The van der Waals surface area contributed by atoms with Gasteiger partial charge in [-0.2, -0.15) is 0 Å². The van der Waals surface area contributed by atoms with Crippen LogP contribution in [0, 0.1) is 0 Å². The molecular weight excluding hydrogens is 669 g/mol. The predicted molar refractivity (Wildman–Crippen MR) is 218 cm³/mol. The number of sulfone groups is 1. The average molecular weight is 701 g/mol. The Morgan fingerprint density at radius 2 is 0.660 bits per heavy atom. The van der Waals surface area contributed by atoms with Gasteiger partial charge in [-0.1, -0.05) is 109 Å². The molecule has 53 heavy (non-hydrogen) atoms. The van der Waals surface area contributed by atoms with Crippen LogP contribution in [0.1, 0.15) is 0 Å². The maximum Gasteiger partial charge on any atom is 0.206 e. The van der Waals surface area contributed by atoms with Gasteiger partial charge in [0.05, 0.1) is 31.9 Å². The molecule has 0 amide bonds. The summed E-state index contributed by atoms with van der Waals surface area (Å²) in [5.41, 5.74) is 10.7. The SMILES string of the molecule is O=S(=O)(c1ccc(-n2c3ccccc3c3cc(-c4ccccc4)ccc32)cc1)c1ccc(-n2c3ccccc3c3cc(-c4ccccc4)ccc32)cc1. The molecule has 10 aromatic rings. The van der Waals surface area contributed by atoms with Crippen molar-refractivity contribution in [3.8, 4) is 33.6 Å². The highest BCUT2D eigenvalue weighted by atomic mass is 32.2. The molecule has 0 saturated carbocycles. The van der Waals surface area contributed by atoms with Crippen LogP contribution in [-0.4, -0.2) is 17.6 Å². The van der Waals surface area contributed by atoms with E-state index in [4.69, 9.17) is 0 Å². The average Bonchev–Trinajstić information content (AvgIpc) is 3.74. The van der Waals surface area contributed by atoms with Crippen LogP contribution in [0.5, 0.6) is 0 Å². The van der Waals surface area contributed by atoms with E-state index < -0.39 is 9.84 Å². The van der Waals surface area contributed by atoms with Gasteiger partial charge in [-0.15, -0.1) is 0 Å². The lowest BCUT2D eigenvalue weighted by atomic mass is 10.0. The molecule has 0 aliphatic carbocycles. The Bertz CT molecular complexity index is 2880. The number of hydrogen-bond acceptors (Lipinski definition) is 2. The number of aromatic nitrogens is 2. The third-order valence-corrected chi connectivity index (χ3v) is 12.2. The smallest absolute Gasteiger partial charge is 0.206 e. The fraction of sp³-hybridized carbons (Fsp3) is 0. The summed E-state index contributed by atoms with van der Waals surface area (Å²) in [4.78, 5) is 0.512. The summed E-state index contributed by atoms with van der Waals surface area (Å²) in [5, 5.41) is 4.60. The highest BCUT2D eigenvalue weighted by Gasteiger charge is 2.20. The standard InChI is InChI=1S/C48H32N2O2S/c51-53(52,39-25-21-37(22-26-39)49-45-17-9-7-15-41(45)43-31-35(19-29-47(43)49)33-11-3-1-4-12-33)40-27-23-38(24-28-40)50-46-18-10-8-16-42(46)44-32-36(20-30-48(44)50)34-13-5-2-6-14-34/h1-32H. The molecule has 0 spiro atoms. The van der Waals surface area contributed by atoms with Crippen molar-refractivity contribution >= 4 is 53.4 Å². The molecule has 0 aliphatic heterocycles. The van der Waals surface area contributed by atoms with Gasteiger partial charge in [-0.3, -0.25) is 0 Å². The molecular formula is C48H32N2O2S. The number of nitrogens with zero attached hydrogens (tertiary/aromatic N) is 2. The summed E-state index contributed by atoms with van der Waals surface area (Å²) in [6, 6.07) is 65.1. The summed E-state index contributed by atoms with van der Waals surface area (Å²) < 4.78 is 32.4. The van der Waals surface area contributed by atoms with E-state index in [9.17, 15) is 8.42 Å². The molecule has 0 aliphatic rings. The van der Waals surface area contributed by atoms with Crippen LogP contribution in [0.4, 0.5) is 0 Å². The first-order valence-electron chi connectivity index (χ1n) is 17.7. The molecule has 8 aromatic carbocycles. The maximum absolute atomic E-state index is 14.0. The first-order valence-corrected chi connectivity index (χ1v) is 19.2. The van der Waals surface area contributed by atoms with Crippen molar-refractivity contribution in [2.45, 2.75) is 9.79 Å². The Labute approximate surface area is 307 Å². The monoisotopic (exact) mass is 700 g/mol. The second-order valence-corrected chi connectivity index (χ2v) is 15.3. The van der Waals surface area contributed by atoms with Gasteiger partial charge in [0, 0.05) is 32.9 Å². The third kappa shape index (κ3) is 5.08. The molecule has 5 heteroatoms. The van der Waals surface area contributed by atoms with E-state index in [1.165, 1.54) is 11.1 Å². The van der Waals surface area contributed by atoms with Crippen molar-refractivity contribution < 1.29 is 8.42 Å². The quantitative estimate of drug-likeness (QED) is 0.173. The van der Waals surface area contributed by atoms with Crippen LogP contribution in [0.3, 0.4) is 0 Å². The van der Waals surface area contributed by atoms with Crippen molar-refractivity contribution in [3.63, 3.8) is 0 Å². The molecule has 10 rings (SSSR count). The molecule has 2 aromatic heterocycles. The van der Waals surface area contributed by atoms with Crippen molar-refractivity contribution in [1.29, 1.82) is 0 Å². The van der Waals surface area contributed by atoms with E-state index in [0.717, 1.165) is 66.1 Å². The molecule has 2 heterocycles. The highest BCUT2D eigenvalue weighted by molar-refractivity contribution is 7.91. The van der Waals surface area contributed by atoms with E-state index in [1.807, 2.05) is 48.5 Å². The number of para-hydroxylation sites is 2.